The fourth-order valence-corrected chi connectivity index (χ4v) is 1.41. The molecule has 1 aromatic rings. The number of nitrogens with zero attached hydrogens (tertiary/aromatic N) is 1. The van der Waals surface area contributed by atoms with Gasteiger partial charge in [0.25, 0.3) is 0 Å². The Morgan fingerprint density at radius 2 is 2.24 bits per heavy atom. The number of para-hydroxylation sites is 1. The van der Waals surface area contributed by atoms with Crippen molar-refractivity contribution in [2.24, 2.45) is 0 Å². The lowest BCUT2D eigenvalue weighted by atomic mass is 10.1. The summed E-state index contributed by atoms with van der Waals surface area (Å²) in [5.74, 6) is -1.47. The lowest BCUT2D eigenvalue weighted by molar-refractivity contribution is -0.386. The zero-order chi connectivity index (χ0) is 12.4. The smallest absolute Gasteiger partial charge is 0.339 e. The van der Waals surface area contributed by atoms with Crippen molar-refractivity contribution >= 4 is 11.7 Å². The van der Waals surface area contributed by atoms with Crippen LogP contribution >= 0.6 is 0 Å². The highest BCUT2D eigenvalue weighted by molar-refractivity contribution is 5.92. The molecule has 0 unspecified atom stereocenters. The number of nitro benzene ring substituents is 1. The molecule has 0 spiro atoms. The van der Waals surface area contributed by atoms with E-state index in [1.807, 2.05) is 0 Å². The van der Waals surface area contributed by atoms with Gasteiger partial charge in [-0.2, -0.15) is 0 Å². The summed E-state index contributed by atoms with van der Waals surface area (Å²) in [6.07, 6.45) is -0.325. The Bertz CT molecular complexity index is 436. The molecule has 0 aromatic heterocycles. The first-order valence-electron chi connectivity index (χ1n) is 4.84. The average Bonchev–Trinajstić information content (AvgIpc) is 2.22. The number of carboxylic acid groups (broad SMARTS) is 1. The molecule has 1 fully saturated rings. The lowest BCUT2D eigenvalue weighted by Crippen LogP contribution is -2.39. The fourth-order valence-electron chi connectivity index (χ4n) is 1.41. The molecule has 0 amide bonds. The number of carboxylic acids is 1. The van der Waals surface area contributed by atoms with Gasteiger partial charge in [-0.3, -0.25) is 10.1 Å². The lowest BCUT2D eigenvalue weighted by Gasteiger charge is -2.26. The van der Waals surface area contributed by atoms with Crippen LogP contribution in [-0.2, 0) is 4.74 Å². The number of hydrogen-bond acceptors (Lipinski definition) is 5. The second-order valence-electron chi connectivity index (χ2n) is 3.49. The summed E-state index contributed by atoms with van der Waals surface area (Å²) in [5.41, 5.74) is -0.567. The molecule has 1 heterocycles. The van der Waals surface area contributed by atoms with Gasteiger partial charge in [-0.25, -0.2) is 4.79 Å². The maximum absolute atomic E-state index is 11.0. The summed E-state index contributed by atoms with van der Waals surface area (Å²) < 4.78 is 10.2. The zero-order valence-electron chi connectivity index (χ0n) is 8.66. The summed E-state index contributed by atoms with van der Waals surface area (Å²) in [7, 11) is 0. The third-order valence-corrected chi connectivity index (χ3v) is 2.31. The second kappa shape index (κ2) is 4.38. The van der Waals surface area contributed by atoms with Gasteiger partial charge in [0.15, 0.2) is 0 Å². The van der Waals surface area contributed by atoms with Crippen LogP contribution in [-0.4, -0.2) is 35.3 Å². The van der Waals surface area contributed by atoms with Crippen LogP contribution in [0.25, 0.3) is 0 Å². The van der Waals surface area contributed by atoms with E-state index >= 15 is 0 Å². The topological polar surface area (TPSA) is 98.9 Å². The highest BCUT2D eigenvalue weighted by Gasteiger charge is 2.28. The van der Waals surface area contributed by atoms with Gasteiger partial charge in [-0.05, 0) is 6.07 Å². The maximum atomic E-state index is 11.0. The molecule has 1 aliphatic heterocycles. The Morgan fingerprint density at radius 3 is 2.71 bits per heavy atom. The fraction of sp³-hybridized carbons (Fsp3) is 0.300. The molecule has 0 saturated carbocycles. The number of nitro groups is 1. The van der Waals surface area contributed by atoms with Crippen molar-refractivity contribution in [1.82, 2.24) is 0 Å². The summed E-state index contributed by atoms with van der Waals surface area (Å²) in [5, 5.41) is 19.7. The summed E-state index contributed by atoms with van der Waals surface area (Å²) in [6.45, 7) is 0.621. The SMILES string of the molecule is O=C(O)c1cccc([N+](=O)[O-])c1OC1COC1. The standard InChI is InChI=1S/C10H9NO6/c12-10(13)7-2-1-3-8(11(14)15)9(7)17-6-4-16-5-6/h1-3,6H,4-5H2,(H,12,13). The van der Waals surface area contributed by atoms with E-state index in [1.54, 1.807) is 0 Å². The van der Waals surface area contributed by atoms with Crippen LogP contribution in [0.5, 0.6) is 5.75 Å². The third kappa shape index (κ3) is 2.18. The molecule has 17 heavy (non-hydrogen) atoms. The van der Waals surface area contributed by atoms with Crippen LogP contribution in [0.2, 0.25) is 0 Å². The third-order valence-electron chi connectivity index (χ3n) is 2.31. The van der Waals surface area contributed by atoms with Crippen LogP contribution in [0.1, 0.15) is 10.4 Å². The van der Waals surface area contributed by atoms with Crippen molar-refractivity contribution in [3.05, 3.63) is 33.9 Å². The summed E-state index contributed by atoms with van der Waals surface area (Å²) in [6, 6.07) is 3.79. The predicted molar refractivity (Wildman–Crippen MR) is 55.3 cm³/mol. The van der Waals surface area contributed by atoms with Crippen LogP contribution in [0.3, 0.4) is 0 Å². The van der Waals surface area contributed by atoms with Gasteiger partial charge in [-0.15, -0.1) is 0 Å². The first kappa shape index (κ1) is 11.3. The van der Waals surface area contributed by atoms with Crippen LogP contribution in [0, 0.1) is 10.1 Å². The van der Waals surface area contributed by atoms with Gasteiger partial charge in [0, 0.05) is 6.07 Å². The molecule has 0 aliphatic carbocycles. The molecule has 1 saturated heterocycles. The average molecular weight is 239 g/mol. The summed E-state index contributed by atoms with van der Waals surface area (Å²) >= 11 is 0. The van der Waals surface area contributed by atoms with Gasteiger partial charge in [0.2, 0.25) is 5.75 Å². The van der Waals surface area contributed by atoms with Crippen LogP contribution < -0.4 is 4.74 Å². The normalized spacial score (nSPS) is 15.1. The number of carbonyl (C=O) groups is 1. The van der Waals surface area contributed by atoms with E-state index in [2.05, 4.69) is 0 Å². The number of aromatic carboxylic acids is 1. The molecule has 90 valence electrons. The van der Waals surface area contributed by atoms with Crippen molar-refractivity contribution in [1.29, 1.82) is 0 Å². The first-order chi connectivity index (χ1) is 8.09. The Labute approximate surface area is 95.7 Å². The molecule has 0 bridgehead atoms. The van der Waals surface area contributed by atoms with E-state index in [-0.39, 0.29) is 23.1 Å². The molecular formula is C10H9NO6. The molecule has 1 N–H and O–H groups in total. The number of benzene rings is 1. The first-order valence-corrected chi connectivity index (χ1v) is 4.84. The van der Waals surface area contributed by atoms with E-state index in [0.717, 1.165) is 0 Å². The molecule has 2 rings (SSSR count). The van der Waals surface area contributed by atoms with Gasteiger partial charge in [0.1, 0.15) is 11.7 Å². The predicted octanol–water partition coefficient (Wildman–Crippen LogP) is 1.07. The molecule has 7 heteroatoms. The van der Waals surface area contributed by atoms with E-state index in [9.17, 15) is 14.9 Å². The van der Waals surface area contributed by atoms with E-state index in [4.69, 9.17) is 14.6 Å². The highest BCUT2D eigenvalue weighted by Crippen LogP contribution is 2.32. The van der Waals surface area contributed by atoms with Crippen molar-refractivity contribution in [3.8, 4) is 5.75 Å². The molecule has 0 radical (unpaired) electrons. The molecular weight excluding hydrogens is 230 g/mol. The van der Waals surface area contributed by atoms with Gasteiger partial charge in [-0.1, -0.05) is 6.07 Å². The van der Waals surface area contributed by atoms with Crippen LogP contribution in [0.4, 0.5) is 5.69 Å². The number of rotatable bonds is 4. The monoisotopic (exact) mass is 239 g/mol. The Hall–Kier alpha value is -2.15. The second-order valence-corrected chi connectivity index (χ2v) is 3.49. The maximum Gasteiger partial charge on any atom is 0.339 e. The highest BCUT2D eigenvalue weighted by atomic mass is 16.6. The Kier molecular flexibility index (Phi) is 2.92. The van der Waals surface area contributed by atoms with Gasteiger partial charge in [0.05, 0.1) is 18.1 Å². The molecule has 1 aromatic carbocycles. The van der Waals surface area contributed by atoms with E-state index in [0.29, 0.717) is 13.2 Å². The largest absolute Gasteiger partial charge is 0.478 e. The Balaban J connectivity index is 2.41. The summed E-state index contributed by atoms with van der Waals surface area (Å²) in [4.78, 5) is 21.1. The number of ether oxygens (including phenoxy) is 2. The minimum absolute atomic E-state index is 0.210. The number of hydrogen-bond donors (Lipinski definition) is 1. The quantitative estimate of drug-likeness (QED) is 0.623. The van der Waals surface area contributed by atoms with E-state index < -0.39 is 10.9 Å². The van der Waals surface area contributed by atoms with E-state index in [1.165, 1.54) is 18.2 Å². The van der Waals surface area contributed by atoms with Crippen molar-refractivity contribution in [3.63, 3.8) is 0 Å². The Morgan fingerprint density at radius 1 is 1.53 bits per heavy atom. The van der Waals surface area contributed by atoms with Crippen molar-refractivity contribution < 1.29 is 24.3 Å². The van der Waals surface area contributed by atoms with Gasteiger partial charge < -0.3 is 14.6 Å². The van der Waals surface area contributed by atoms with Crippen molar-refractivity contribution in [2.45, 2.75) is 6.10 Å². The zero-order valence-corrected chi connectivity index (χ0v) is 8.66. The van der Waals surface area contributed by atoms with Crippen LogP contribution in [0.15, 0.2) is 18.2 Å². The molecule has 0 atom stereocenters. The molecule has 1 aliphatic rings. The molecule has 7 nitrogen and oxygen atoms in total. The van der Waals surface area contributed by atoms with Gasteiger partial charge >= 0.3 is 11.7 Å². The van der Waals surface area contributed by atoms with Crippen molar-refractivity contribution in [2.75, 3.05) is 13.2 Å². The minimum Gasteiger partial charge on any atom is -0.478 e. The minimum atomic E-state index is -1.26.